The van der Waals surface area contributed by atoms with E-state index in [1.54, 1.807) is 10.9 Å². The second-order valence-corrected chi connectivity index (χ2v) is 2.86. The van der Waals surface area contributed by atoms with Crippen molar-refractivity contribution >= 4 is 6.29 Å². The highest BCUT2D eigenvalue weighted by molar-refractivity contribution is 5.73. The first-order chi connectivity index (χ1) is 6.79. The molecule has 0 amide bonds. The van der Waals surface area contributed by atoms with Crippen molar-refractivity contribution in [3.05, 3.63) is 36.2 Å². The van der Waals surface area contributed by atoms with E-state index >= 15 is 0 Å². The standard InChI is InChI=1S/C9H8N4O/c1-7-4-13(6-12-7)9-10-2-8(5-14)3-11-9/h2-6H,1H3. The Hall–Kier alpha value is -2.04. The van der Waals surface area contributed by atoms with Crippen molar-refractivity contribution in [3.8, 4) is 5.95 Å². The van der Waals surface area contributed by atoms with Gasteiger partial charge in [-0.3, -0.25) is 9.36 Å². The van der Waals surface area contributed by atoms with Crippen LogP contribution in [0.1, 0.15) is 16.1 Å². The summed E-state index contributed by atoms with van der Waals surface area (Å²) >= 11 is 0. The van der Waals surface area contributed by atoms with Crippen LogP contribution in [-0.2, 0) is 0 Å². The van der Waals surface area contributed by atoms with Gasteiger partial charge in [0, 0.05) is 18.6 Å². The number of rotatable bonds is 2. The van der Waals surface area contributed by atoms with Crippen LogP contribution in [-0.4, -0.2) is 25.8 Å². The Labute approximate surface area is 80.5 Å². The molecule has 0 radical (unpaired) electrons. The van der Waals surface area contributed by atoms with E-state index in [0.29, 0.717) is 17.8 Å². The highest BCUT2D eigenvalue weighted by atomic mass is 16.1. The highest BCUT2D eigenvalue weighted by Crippen LogP contribution is 2.01. The molecule has 2 heterocycles. The second-order valence-electron chi connectivity index (χ2n) is 2.86. The molecule has 5 heteroatoms. The van der Waals surface area contributed by atoms with E-state index < -0.39 is 0 Å². The molecule has 0 aromatic carbocycles. The maximum atomic E-state index is 10.4. The number of aryl methyl sites for hydroxylation is 1. The Morgan fingerprint density at radius 1 is 1.29 bits per heavy atom. The summed E-state index contributed by atoms with van der Waals surface area (Å²) in [6, 6.07) is 0. The normalized spacial score (nSPS) is 10.1. The van der Waals surface area contributed by atoms with Crippen LogP contribution < -0.4 is 0 Å². The van der Waals surface area contributed by atoms with E-state index in [9.17, 15) is 4.79 Å². The molecule has 0 atom stereocenters. The number of hydrogen-bond donors (Lipinski definition) is 0. The molecule has 0 saturated carbocycles. The third kappa shape index (κ3) is 1.52. The van der Waals surface area contributed by atoms with E-state index in [-0.39, 0.29) is 0 Å². The van der Waals surface area contributed by atoms with Crippen molar-refractivity contribution in [3.63, 3.8) is 0 Å². The fourth-order valence-electron chi connectivity index (χ4n) is 1.06. The average Bonchev–Trinajstić information content (AvgIpc) is 2.65. The zero-order valence-corrected chi connectivity index (χ0v) is 7.58. The first kappa shape index (κ1) is 8.55. The fraction of sp³-hybridized carbons (Fsp3) is 0.111. The summed E-state index contributed by atoms with van der Waals surface area (Å²) in [6.07, 6.45) is 7.11. The SMILES string of the molecule is Cc1cn(-c2ncc(C=O)cn2)cn1. The van der Waals surface area contributed by atoms with Crippen LogP contribution in [0.15, 0.2) is 24.9 Å². The van der Waals surface area contributed by atoms with E-state index in [4.69, 9.17) is 0 Å². The minimum Gasteiger partial charge on any atom is -0.298 e. The molecule has 70 valence electrons. The minimum atomic E-state index is 0.464. The van der Waals surface area contributed by atoms with Gasteiger partial charge in [-0.15, -0.1) is 0 Å². The van der Waals surface area contributed by atoms with Gasteiger partial charge in [0.25, 0.3) is 0 Å². The van der Waals surface area contributed by atoms with Crippen LogP contribution >= 0.6 is 0 Å². The molecule has 5 nitrogen and oxygen atoms in total. The predicted molar refractivity (Wildman–Crippen MR) is 49.3 cm³/mol. The Morgan fingerprint density at radius 3 is 2.50 bits per heavy atom. The Balaban J connectivity index is 2.38. The number of aldehydes is 1. The fourth-order valence-corrected chi connectivity index (χ4v) is 1.06. The number of hydrogen-bond acceptors (Lipinski definition) is 4. The van der Waals surface area contributed by atoms with Crippen molar-refractivity contribution in [2.24, 2.45) is 0 Å². The van der Waals surface area contributed by atoms with Crippen LogP contribution in [0.5, 0.6) is 0 Å². The molecule has 2 aromatic rings. The van der Waals surface area contributed by atoms with E-state index in [1.165, 1.54) is 12.4 Å². The first-order valence-corrected chi connectivity index (χ1v) is 4.08. The van der Waals surface area contributed by atoms with Crippen LogP contribution in [0.3, 0.4) is 0 Å². The Kier molecular flexibility index (Phi) is 2.06. The van der Waals surface area contributed by atoms with Gasteiger partial charge in [0.2, 0.25) is 5.95 Å². The molecule has 0 saturated heterocycles. The molecular formula is C9H8N4O. The van der Waals surface area contributed by atoms with Crippen molar-refractivity contribution < 1.29 is 4.79 Å². The van der Waals surface area contributed by atoms with E-state index in [2.05, 4.69) is 15.0 Å². The summed E-state index contributed by atoms with van der Waals surface area (Å²) in [6.45, 7) is 1.89. The topological polar surface area (TPSA) is 60.7 Å². The van der Waals surface area contributed by atoms with Gasteiger partial charge < -0.3 is 0 Å². The van der Waals surface area contributed by atoms with Crippen LogP contribution in [0.4, 0.5) is 0 Å². The van der Waals surface area contributed by atoms with Crippen LogP contribution in [0.2, 0.25) is 0 Å². The third-order valence-electron chi connectivity index (χ3n) is 1.74. The number of nitrogens with zero attached hydrogens (tertiary/aromatic N) is 4. The van der Waals surface area contributed by atoms with Gasteiger partial charge in [0.15, 0.2) is 6.29 Å². The molecular weight excluding hydrogens is 180 g/mol. The van der Waals surface area contributed by atoms with Gasteiger partial charge in [-0.1, -0.05) is 0 Å². The van der Waals surface area contributed by atoms with Crippen LogP contribution in [0.25, 0.3) is 5.95 Å². The lowest BCUT2D eigenvalue weighted by molar-refractivity contribution is 0.112. The molecule has 0 spiro atoms. The molecule has 2 aromatic heterocycles. The maximum absolute atomic E-state index is 10.4. The Bertz CT molecular complexity index is 446. The van der Waals surface area contributed by atoms with Crippen molar-refractivity contribution in [2.75, 3.05) is 0 Å². The lowest BCUT2D eigenvalue weighted by Gasteiger charge is -1.97. The molecule has 0 bridgehead atoms. The predicted octanol–water partition coefficient (Wildman–Crippen LogP) is 0.783. The molecule has 0 aliphatic carbocycles. The maximum Gasteiger partial charge on any atom is 0.234 e. The van der Waals surface area contributed by atoms with Gasteiger partial charge in [0.1, 0.15) is 6.33 Å². The summed E-state index contributed by atoms with van der Waals surface area (Å²) in [7, 11) is 0. The number of imidazole rings is 1. The summed E-state index contributed by atoms with van der Waals surface area (Å²) < 4.78 is 1.70. The van der Waals surface area contributed by atoms with Gasteiger partial charge in [-0.2, -0.15) is 0 Å². The van der Waals surface area contributed by atoms with E-state index in [0.717, 1.165) is 5.69 Å². The zero-order valence-electron chi connectivity index (χ0n) is 7.58. The molecule has 0 fully saturated rings. The number of carbonyl (C=O) groups is 1. The van der Waals surface area contributed by atoms with E-state index in [1.807, 2.05) is 13.1 Å². The van der Waals surface area contributed by atoms with Crippen molar-refractivity contribution in [1.82, 2.24) is 19.5 Å². The summed E-state index contributed by atoms with van der Waals surface area (Å²) in [4.78, 5) is 22.4. The molecule has 14 heavy (non-hydrogen) atoms. The van der Waals surface area contributed by atoms with Gasteiger partial charge in [-0.25, -0.2) is 15.0 Å². The quantitative estimate of drug-likeness (QED) is 0.653. The first-order valence-electron chi connectivity index (χ1n) is 4.08. The average molecular weight is 188 g/mol. The third-order valence-corrected chi connectivity index (χ3v) is 1.74. The van der Waals surface area contributed by atoms with Crippen molar-refractivity contribution in [2.45, 2.75) is 6.92 Å². The van der Waals surface area contributed by atoms with Gasteiger partial charge in [0.05, 0.1) is 11.3 Å². The zero-order chi connectivity index (χ0) is 9.97. The minimum absolute atomic E-state index is 0.464. The lowest BCUT2D eigenvalue weighted by atomic mass is 10.4. The monoisotopic (exact) mass is 188 g/mol. The van der Waals surface area contributed by atoms with Crippen molar-refractivity contribution in [1.29, 1.82) is 0 Å². The molecule has 0 N–H and O–H groups in total. The second kappa shape index (κ2) is 3.37. The lowest BCUT2D eigenvalue weighted by Crippen LogP contribution is -1.98. The summed E-state index contributed by atoms with van der Waals surface area (Å²) in [5.74, 6) is 0.510. The number of aromatic nitrogens is 4. The molecule has 0 aliphatic rings. The largest absolute Gasteiger partial charge is 0.298 e. The molecule has 0 unspecified atom stereocenters. The smallest absolute Gasteiger partial charge is 0.234 e. The molecule has 2 rings (SSSR count). The Morgan fingerprint density at radius 2 is 2.00 bits per heavy atom. The van der Waals surface area contributed by atoms with Gasteiger partial charge in [-0.05, 0) is 6.92 Å². The van der Waals surface area contributed by atoms with Gasteiger partial charge >= 0.3 is 0 Å². The summed E-state index contributed by atoms with van der Waals surface area (Å²) in [5.41, 5.74) is 1.36. The number of carbonyl (C=O) groups excluding carboxylic acids is 1. The molecule has 0 aliphatic heterocycles. The summed E-state index contributed by atoms with van der Waals surface area (Å²) in [5, 5.41) is 0. The van der Waals surface area contributed by atoms with Crippen LogP contribution in [0, 0.1) is 6.92 Å². The highest BCUT2D eigenvalue weighted by Gasteiger charge is 2.00.